The summed E-state index contributed by atoms with van der Waals surface area (Å²) in [6, 6.07) is 8.29. The third-order valence-electron chi connectivity index (χ3n) is 7.77. The van der Waals surface area contributed by atoms with Gasteiger partial charge in [-0.3, -0.25) is 14.0 Å². The number of β-amino-alcohol motifs (C(OH)–C–C–N with tert-alkyl or cyclic N) is 1. The van der Waals surface area contributed by atoms with E-state index in [1.807, 2.05) is 12.1 Å². The summed E-state index contributed by atoms with van der Waals surface area (Å²) in [5, 5.41) is 14.7. The summed E-state index contributed by atoms with van der Waals surface area (Å²) in [6.45, 7) is 2.99. The molecule has 2 N–H and O–H groups in total. The lowest BCUT2D eigenvalue weighted by molar-refractivity contribution is -0.128. The van der Waals surface area contributed by atoms with Gasteiger partial charge in [0.1, 0.15) is 16.9 Å². The van der Waals surface area contributed by atoms with Crippen molar-refractivity contribution >= 4 is 33.4 Å². The van der Waals surface area contributed by atoms with Crippen molar-refractivity contribution in [1.82, 2.24) is 29.5 Å². The Morgan fingerprint density at radius 1 is 1.22 bits per heavy atom. The SMILES string of the molecule is O=C1CCCN1CCOc1nc(Br)cn2cc(C(=O)N3CC[C@]4(Cc5ccccc5CN4)[C@H](O)C3)nc12. The first-order chi connectivity index (χ1) is 17.9. The van der Waals surface area contributed by atoms with Crippen LogP contribution in [-0.2, 0) is 17.8 Å². The molecule has 0 bridgehead atoms. The minimum Gasteiger partial charge on any atom is -0.473 e. The topological polar surface area (TPSA) is 112 Å². The highest BCUT2D eigenvalue weighted by Crippen LogP contribution is 2.33. The van der Waals surface area contributed by atoms with Crippen LogP contribution in [-0.4, -0.2) is 85.5 Å². The maximum atomic E-state index is 13.4. The second-order valence-corrected chi connectivity index (χ2v) is 10.8. The largest absolute Gasteiger partial charge is 0.473 e. The number of hydrogen-bond donors (Lipinski definition) is 2. The van der Waals surface area contributed by atoms with Crippen LogP contribution in [0.3, 0.4) is 0 Å². The van der Waals surface area contributed by atoms with Gasteiger partial charge in [0.05, 0.1) is 18.2 Å². The van der Waals surface area contributed by atoms with Crippen molar-refractivity contribution in [2.75, 3.05) is 32.8 Å². The molecule has 0 aliphatic carbocycles. The Bertz CT molecular complexity index is 1360. The highest BCUT2D eigenvalue weighted by Gasteiger charge is 2.45. The van der Waals surface area contributed by atoms with Crippen LogP contribution in [0.25, 0.3) is 5.65 Å². The minimum atomic E-state index is -0.696. The number of aromatic nitrogens is 3. The number of imidazole rings is 1. The van der Waals surface area contributed by atoms with E-state index < -0.39 is 11.6 Å². The van der Waals surface area contributed by atoms with Gasteiger partial charge in [0.25, 0.3) is 11.8 Å². The van der Waals surface area contributed by atoms with E-state index in [9.17, 15) is 14.7 Å². The van der Waals surface area contributed by atoms with Gasteiger partial charge in [0.15, 0.2) is 0 Å². The summed E-state index contributed by atoms with van der Waals surface area (Å²) in [7, 11) is 0. The van der Waals surface area contributed by atoms with Crippen molar-refractivity contribution < 1.29 is 19.4 Å². The number of ether oxygens (including phenoxy) is 1. The molecule has 3 aliphatic heterocycles. The fraction of sp³-hybridized carbons (Fsp3) is 0.462. The number of fused-ring (bicyclic) bond motifs is 2. The molecule has 5 heterocycles. The van der Waals surface area contributed by atoms with Crippen LogP contribution < -0.4 is 10.1 Å². The van der Waals surface area contributed by atoms with Gasteiger partial charge in [-0.25, -0.2) is 9.97 Å². The highest BCUT2D eigenvalue weighted by molar-refractivity contribution is 9.10. The Labute approximate surface area is 222 Å². The first-order valence-electron chi connectivity index (χ1n) is 12.7. The molecule has 2 atom stereocenters. The van der Waals surface area contributed by atoms with Gasteiger partial charge >= 0.3 is 0 Å². The van der Waals surface area contributed by atoms with Crippen LogP contribution in [0.1, 0.15) is 40.9 Å². The van der Waals surface area contributed by atoms with Crippen molar-refractivity contribution in [2.24, 2.45) is 0 Å². The van der Waals surface area contributed by atoms with E-state index >= 15 is 0 Å². The zero-order chi connectivity index (χ0) is 25.6. The molecule has 0 saturated carbocycles. The lowest BCUT2D eigenvalue weighted by Gasteiger charge is -2.48. The standard InChI is InChI=1S/C26H29BrN6O4/c27-21-16-33-14-19(29-23(33)24(30-21)37-11-10-31-8-3-6-22(31)35)25(36)32-9-7-26(20(34)15-32)12-17-4-1-2-5-18(17)13-28-26/h1-2,4-5,14,16,20,28,34H,3,6-13,15H2/t20-,26+/m1/s1. The number of likely N-dealkylation sites (tertiary alicyclic amines) is 2. The number of nitrogens with one attached hydrogen (secondary N) is 1. The molecule has 0 unspecified atom stereocenters. The molecule has 3 aromatic rings. The summed E-state index contributed by atoms with van der Waals surface area (Å²) in [6.07, 6.45) is 5.54. The molecule has 10 nitrogen and oxygen atoms in total. The fourth-order valence-electron chi connectivity index (χ4n) is 5.64. The van der Waals surface area contributed by atoms with Crippen molar-refractivity contribution in [3.63, 3.8) is 0 Å². The van der Waals surface area contributed by atoms with E-state index in [-0.39, 0.29) is 30.7 Å². The fourth-order valence-corrected chi connectivity index (χ4v) is 6.03. The van der Waals surface area contributed by atoms with Crippen molar-refractivity contribution in [3.05, 3.63) is 58.1 Å². The Kier molecular flexibility index (Phi) is 6.37. The molecule has 2 saturated heterocycles. The number of carbonyl (C=O) groups is 2. The van der Waals surface area contributed by atoms with Crippen molar-refractivity contribution in [2.45, 2.75) is 43.9 Å². The third-order valence-corrected chi connectivity index (χ3v) is 8.15. The van der Waals surface area contributed by atoms with Gasteiger partial charge in [-0.2, -0.15) is 0 Å². The number of hydrogen-bond acceptors (Lipinski definition) is 7. The molecular weight excluding hydrogens is 540 g/mol. The number of piperidine rings is 1. The monoisotopic (exact) mass is 568 g/mol. The number of amides is 2. The van der Waals surface area contributed by atoms with Gasteiger partial charge in [0.2, 0.25) is 11.6 Å². The molecule has 3 aliphatic rings. The van der Waals surface area contributed by atoms with Crippen LogP contribution in [0.5, 0.6) is 5.88 Å². The van der Waals surface area contributed by atoms with Crippen LogP contribution in [0, 0.1) is 0 Å². The number of carbonyl (C=O) groups excluding carboxylic acids is 2. The Hall–Kier alpha value is -3.02. The molecule has 6 rings (SSSR count). The molecule has 1 spiro atoms. The lowest BCUT2D eigenvalue weighted by atomic mass is 9.76. The summed E-state index contributed by atoms with van der Waals surface area (Å²) in [5.74, 6) is 0.198. The van der Waals surface area contributed by atoms with Gasteiger partial charge in [0, 0.05) is 45.0 Å². The molecule has 0 radical (unpaired) electrons. The van der Waals surface area contributed by atoms with Crippen LogP contribution in [0.2, 0.25) is 0 Å². The second kappa shape index (κ2) is 9.70. The van der Waals surface area contributed by atoms with Crippen molar-refractivity contribution in [1.29, 1.82) is 0 Å². The van der Waals surface area contributed by atoms with E-state index in [1.54, 1.807) is 26.6 Å². The average molecular weight is 569 g/mol. The van der Waals surface area contributed by atoms with Gasteiger partial charge in [-0.15, -0.1) is 0 Å². The number of aliphatic hydroxyl groups is 1. The number of aliphatic hydroxyl groups excluding tert-OH is 1. The van der Waals surface area contributed by atoms with E-state index in [4.69, 9.17) is 4.74 Å². The predicted octanol–water partition coefficient (Wildman–Crippen LogP) is 1.78. The number of benzene rings is 1. The maximum Gasteiger partial charge on any atom is 0.274 e. The van der Waals surface area contributed by atoms with Crippen LogP contribution >= 0.6 is 15.9 Å². The maximum absolute atomic E-state index is 13.4. The molecule has 2 fully saturated rings. The average Bonchev–Trinajstić information content (AvgIpc) is 3.51. The van der Waals surface area contributed by atoms with E-state index in [2.05, 4.69) is 43.3 Å². The summed E-state index contributed by atoms with van der Waals surface area (Å²) >= 11 is 3.39. The summed E-state index contributed by atoms with van der Waals surface area (Å²) < 4.78 is 8.13. The zero-order valence-electron chi connectivity index (χ0n) is 20.4. The Balaban J connectivity index is 1.15. The highest BCUT2D eigenvalue weighted by atomic mass is 79.9. The van der Waals surface area contributed by atoms with Crippen LogP contribution in [0.15, 0.2) is 41.3 Å². The number of rotatable bonds is 5. The van der Waals surface area contributed by atoms with Gasteiger partial charge in [-0.1, -0.05) is 24.3 Å². The number of halogens is 1. The summed E-state index contributed by atoms with van der Waals surface area (Å²) in [5.41, 5.74) is 2.77. The molecule has 1 aromatic carbocycles. The Morgan fingerprint density at radius 2 is 2.05 bits per heavy atom. The van der Waals surface area contributed by atoms with E-state index in [0.29, 0.717) is 48.6 Å². The smallest absolute Gasteiger partial charge is 0.274 e. The molecule has 2 amide bonds. The van der Waals surface area contributed by atoms with E-state index in [1.165, 1.54) is 11.1 Å². The normalized spacial score (nSPS) is 23.6. The number of nitrogens with zero attached hydrogens (tertiary/aromatic N) is 5. The quantitative estimate of drug-likeness (QED) is 0.482. The molecular formula is C26H29BrN6O4. The molecule has 2 aromatic heterocycles. The third kappa shape index (κ3) is 4.60. The van der Waals surface area contributed by atoms with Gasteiger partial charge < -0.3 is 25.0 Å². The predicted molar refractivity (Wildman–Crippen MR) is 138 cm³/mol. The molecule has 37 heavy (non-hydrogen) atoms. The van der Waals surface area contributed by atoms with Gasteiger partial charge in [-0.05, 0) is 46.3 Å². The van der Waals surface area contributed by atoms with Crippen molar-refractivity contribution in [3.8, 4) is 5.88 Å². The zero-order valence-corrected chi connectivity index (χ0v) is 22.0. The Morgan fingerprint density at radius 3 is 2.84 bits per heavy atom. The minimum absolute atomic E-state index is 0.141. The first-order valence-corrected chi connectivity index (χ1v) is 13.5. The first kappa shape index (κ1) is 24.3. The molecule has 194 valence electrons. The molecule has 11 heteroatoms. The summed E-state index contributed by atoms with van der Waals surface area (Å²) in [4.78, 5) is 37.6. The van der Waals surface area contributed by atoms with E-state index in [0.717, 1.165) is 19.4 Å². The second-order valence-electron chi connectivity index (χ2n) is 10.0. The lowest BCUT2D eigenvalue weighted by Crippen LogP contribution is -2.65. The van der Waals surface area contributed by atoms with Crippen LogP contribution in [0.4, 0.5) is 0 Å².